The summed E-state index contributed by atoms with van der Waals surface area (Å²) < 4.78 is 54.0. The van der Waals surface area contributed by atoms with Gasteiger partial charge in [-0.3, -0.25) is 9.48 Å². The molecular formula is C18H11BrClF4N3O. The Morgan fingerprint density at radius 1 is 1.21 bits per heavy atom. The Morgan fingerprint density at radius 3 is 2.61 bits per heavy atom. The Bertz CT molecular complexity index is 1020. The molecular weight excluding hydrogens is 466 g/mol. The van der Waals surface area contributed by atoms with Crippen molar-refractivity contribution in [3.05, 3.63) is 80.7 Å². The largest absolute Gasteiger partial charge is 0.416 e. The van der Waals surface area contributed by atoms with Gasteiger partial charge in [0.25, 0.3) is 5.91 Å². The van der Waals surface area contributed by atoms with Gasteiger partial charge in [-0.25, -0.2) is 4.39 Å². The molecule has 0 saturated carbocycles. The number of rotatable bonds is 4. The monoisotopic (exact) mass is 475 g/mol. The molecule has 3 aromatic rings. The molecule has 0 spiro atoms. The number of hydrogen-bond acceptors (Lipinski definition) is 2. The fraction of sp³-hybridized carbons (Fsp3) is 0.111. The molecule has 0 unspecified atom stereocenters. The van der Waals surface area contributed by atoms with Gasteiger partial charge in [-0.1, -0.05) is 23.7 Å². The van der Waals surface area contributed by atoms with Crippen molar-refractivity contribution in [3.63, 3.8) is 0 Å². The summed E-state index contributed by atoms with van der Waals surface area (Å²) in [6, 6.07) is 8.30. The first kappa shape index (κ1) is 20.3. The molecule has 0 fully saturated rings. The predicted octanol–water partition coefficient (Wildman–Crippen LogP) is 5.76. The number of halogens is 6. The number of benzene rings is 2. The highest BCUT2D eigenvalue weighted by Gasteiger charge is 2.31. The molecule has 146 valence electrons. The van der Waals surface area contributed by atoms with Crippen LogP contribution < -0.4 is 5.32 Å². The average Bonchev–Trinajstić information content (AvgIpc) is 2.97. The third kappa shape index (κ3) is 4.53. The second-order valence-electron chi connectivity index (χ2n) is 5.76. The lowest BCUT2D eigenvalue weighted by Gasteiger charge is -2.08. The van der Waals surface area contributed by atoms with Crippen molar-refractivity contribution < 1.29 is 22.4 Å². The van der Waals surface area contributed by atoms with Crippen LogP contribution in [0.4, 0.5) is 23.4 Å². The lowest BCUT2D eigenvalue weighted by atomic mass is 10.1. The summed E-state index contributed by atoms with van der Waals surface area (Å²) in [5.74, 6) is -1.19. The third-order valence-corrected chi connectivity index (χ3v) is 4.72. The molecule has 0 bridgehead atoms. The van der Waals surface area contributed by atoms with E-state index in [9.17, 15) is 22.4 Å². The maximum Gasteiger partial charge on any atom is 0.416 e. The maximum absolute atomic E-state index is 13.9. The van der Waals surface area contributed by atoms with E-state index in [0.717, 1.165) is 18.2 Å². The normalized spacial score (nSPS) is 11.5. The summed E-state index contributed by atoms with van der Waals surface area (Å²) in [6.07, 6.45) is -3.07. The van der Waals surface area contributed by atoms with E-state index in [0.29, 0.717) is 4.47 Å². The zero-order chi connectivity index (χ0) is 20.5. The molecule has 3 rings (SSSR count). The first-order chi connectivity index (χ1) is 13.1. The number of carbonyl (C=O) groups excluding carboxylic acids is 1. The molecule has 0 atom stereocenters. The van der Waals surface area contributed by atoms with Crippen molar-refractivity contribution in [3.8, 4) is 0 Å². The summed E-state index contributed by atoms with van der Waals surface area (Å²) in [5, 5.41) is 6.77. The number of aromatic nitrogens is 2. The summed E-state index contributed by atoms with van der Waals surface area (Å²) in [7, 11) is 0. The molecule has 28 heavy (non-hydrogen) atoms. The molecule has 1 heterocycles. The van der Waals surface area contributed by atoms with E-state index in [1.165, 1.54) is 35.1 Å². The van der Waals surface area contributed by atoms with Gasteiger partial charge < -0.3 is 5.32 Å². The number of amides is 1. The molecule has 0 aliphatic carbocycles. The molecule has 1 amide bonds. The smallest absolute Gasteiger partial charge is 0.304 e. The third-order valence-electron chi connectivity index (χ3n) is 3.78. The topological polar surface area (TPSA) is 46.9 Å². The van der Waals surface area contributed by atoms with E-state index < -0.39 is 23.5 Å². The van der Waals surface area contributed by atoms with E-state index >= 15 is 0 Å². The molecule has 0 aliphatic rings. The first-order valence-corrected chi connectivity index (χ1v) is 8.96. The van der Waals surface area contributed by atoms with Crippen molar-refractivity contribution in [1.82, 2.24) is 9.78 Å². The average molecular weight is 477 g/mol. The van der Waals surface area contributed by atoms with Crippen LogP contribution in [0.3, 0.4) is 0 Å². The number of nitrogens with one attached hydrogen (secondary N) is 1. The van der Waals surface area contributed by atoms with Gasteiger partial charge in [-0.15, -0.1) is 0 Å². The number of nitrogens with zero attached hydrogens (tertiary/aromatic N) is 2. The van der Waals surface area contributed by atoms with Crippen molar-refractivity contribution in [2.45, 2.75) is 12.7 Å². The Hall–Kier alpha value is -2.39. The fourth-order valence-corrected chi connectivity index (χ4v) is 3.06. The van der Waals surface area contributed by atoms with E-state index in [1.807, 2.05) is 0 Å². The highest BCUT2D eigenvalue weighted by Crippen LogP contribution is 2.30. The Labute approximate surface area is 170 Å². The highest BCUT2D eigenvalue weighted by atomic mass is 79.9. The molecule has 10 heteroatoms. The minimum absolute atomic E-state index is 0.00351. The maximum atomic E-state index is 13.9. The van der Waals surface area contributed by atoms with Crippen molar-refractivity contribution in [1.29, 1.82) is 0 Å². The second kappa shape index (κ2) is 7.92. The molecule has 4 nitrogen and oxygen atoms in total. The molecule has 1 N–H and O–H groups in total. The minimum atomic E-state index is -4.56. The molecule has 0 aliphatic heterocycles. The quantitative estimate of drug-likeness (QED) is 0.487. The summed E-state index contributed by atoms with van der Waals surface area (Å²) >= 11 is 9.20. The zero-order valence-electron chi connectivity index (χ0n) is 13.9. The van der Waals surface area contributed by atoms with Gasteiger partial charge in [-0.2, -0.15) is 18.3 Å². The lowest BCUT2D eigenvalue weighted by molar-refractivity contribution is -0.137. The molecule has 1 aromatic heterocycles. The zero-order valence-corrected chi connectivity index (χ0v) is 16.2. The van der Waals surface area contributed by atoms with Crippen molar-refractivity contribution in [2.75, 3.05) is 5.32 Å². The van der Waals surface area contributed by atoms with Crippen LogP contribution in [0, 0.1) is 5.82 Å². The fourth-order valence-electron chi connectivity index (χ4n) is 2.42. The SMILES string of the molecule is O=C(Nc1nn(Cc2c(F)cccc2Cl)cc1Br)c1cccc(C(F)(F)F)c1. The van der Waals surface area contributed by atoms with E-state index in [-0.39, 0.29) is 28.5 Å². The van der Waals surface area contributed by atoms with Crippen LogP contribution in [-0.4, -0.2) is 15.7 Å². The van der Waals surface area contributed by atoms with Gasteiger partial charge in [0.1, 0.15) is 5.82 Å². The lowest BCUT2D eigenvalue weighted by Crippen LogP contribution is -2.15. The Balaban J connectivity index is 1.80. The van der Waals surface area contributed by atoms with Crippen molar-refractivity contribution >= 4 is 39.3 Å². The minimum Gasteiger partial charge on any atom is -0.304 e. The highest BCUT2D eigenvalue weighted by molar-refractivity contribution is 9.10. The van der Waals surface area contributed by atoms with Gasteiger partial charge in [-0.05, 0) is 46.3 Å². The first-order valence-electron chi connectivity index (χ1n) is 7.79. The van der Waals surface area contributed by atoms with Gasteiger partial charge in [0.05, 0.1) is 16.6 Å². The van der Waals surface area contributed by atoms with E-state index in [2.05, 4.69) is 26.3 Å². The Morgan fingerprint density at radius 2 is 1.93 bits per heavy atom. The molecule has 0 saturated heterocycles. The van der Waals surface area contributed by atoms with Crippen LogP contribution in [0.5, 0.6) is 0 Å². The van der Waals surface area contributed by atoms with Crippen LogP contribution >= 0.6 is 27.5 Å². The van der Waals surface area contributed by atoms with Gasteiger partial charge in [0.2, 0.25) is 0 Å². The standard InChI is InChI=1S/C18H11BrClF4N3O/c19-13-9-27(8-12-14(20)5-2-6-15(12)21)26-16(13)25-17(28)10-3-1-4-11(7-10)18(22,23)24/h1-7,9H,8H2,(H,25,26,28). The van der Waals surface area contributed by atoms with Crippen molar-refractivity contribution in [2.24, 2.45) is 0 Å². The molecule has 0 radical (unpaired) electrons. The van der Waals surface area contributed by atoms with Crippen LogP contribution in [0.15, 0.2) is 53.1 Å². The van der Waals surface area contributed by atoms with Crippen LogP contribution in [0.2, 0.25) is 5.02 Å². The number of alkyl halides is 3. The van der Waals surface area contributed by atoms with Gasteiger partial charge >= 0.3 is 6.18 Å². The summed E-state index contributed by atoms with van der Waals surface area (Å²) in [4.78, 5) is 12.3. The summed E-state index contributed by atoms with van der Waals surface area (Å²) in [5.41, 5.74) is -0.887. The van der Waals surface area contributed by atoms with Crippen LogP contribution in [0.1, 0.15) is 21.5 Å². The van der Waals surface area contributed by atoms with E-state index in [1.54, 1.807) is 0 Å². The second-order valence-corrected chi connectivity index (χ2v) is 7.02. The van der Waals surface area contributed by atoms with Crippen LogP contribution in [-0.2, 0) is 12.7 Å². The molecule has 2 aromatic carbocycles. The predicted molar refractivity (Wildman–Crippen MR) is 99.8 cm³/mol. The van der Waals surface area contributed by atoms with Gasteiger partial charge in [0, 0.05) is 22.3 Å². The number of hydrogen-bond donors (Lipinski definition) is 1. The summed E-state index contributed by atoms with van der Waals surface area (Å²) in [6.45, 7) is 0.00351. The van der Waals surface area contributed by atoms with E-state index in [4.69, 9.17) is 11.6 Å². The van der Waals surface area contributed by atoms with Crippen LogP contribution in [0.25, 0.3) is 0 Å². The Kier molecular flexibility index (Phi) is 5.76. The number of carbonyl (C=O) groups is 1. The van der Waals surface area contributed by atoms with Gasteiger partial charge in [0.15, 0.2) is 5.82 Å². The number of anilines is 1.